The van der Waals surface area contributed by atoms with Crippen LogP contribution in [0, 0.1) is 11.8 Å². The lowest BCUT2D eigenvalue weighted by molar-refractivity contribution is -0.126. The molecule has 0 radical (unpaired) electrons. The molecule has 0 aromatic carbocycles. The van der Waals surface area contributed by atoms with Crippen molar-refractivity contribution in [2.75, 3.05) is 6.54 Å². The van der Waals surface area contributed by atoms with Gasteiger partial charge in [-0.3, -0.25) is 4.79 Å². The third kappa shape index (κ3) is 3.52. The van der Waals surface area contributed by atoms with Crippen LogP contribution in [0.25, 0.3) is 0 Å². The van der Waals surface area contributed by atoms with E-state index in [0.29, 0.717) is 13.1 Å². The summed E-state index contributed by atoms with van der Waals surface area (Å²) in [6.07, 6.45) is 1.66. The monoisotopic (exact) mass is 239 g/mol. The average Bonchev–Trinajstić information content (AvgIpc) is 2.74. The number of hydrogen-bond donors (Lipinski definition) is 2. The van der Waals surface area contributed by atoms with Crippen LogP contribution in [-0.4, -0.2) is 27.2 Å². The lowest BCUT2D eigenvalue weighted by atomic mass is 9.95. The summed E-state index contributed by atoms with van der Waals surface area (Å²) < 4.78 is 1.90. The van der Waals surface area contributed by atoms with E-state index in [1.54, 1.807) is 6.33 Å². The summed E-state index contributed by atoms with van der Waals surface area (Å²) in [5.41, 5.74) is 5.59. The highest BCUT2D eigenvalue weighted by Crippen LogP contribution is 2.09. The van der Waals surface area contributed by atoms with E-state index in [0.717, 1.165) is 12.4 Å². The van der Waals surface area contributed by atoms with E-state index in [2.05, 4.69) is 15.5 Å². The van der Waals surface area contributed by atoms with Crippen LogP contribution in [0.1, 0.15) is 26.6 Å². The minimum absolute atomic E-state index is 0.0202. The molecule has 1 rings (SSSR count). The smallest absolute Gasteiger partial charge is 0.225 e. The Morgan fingerprint density at radius 1 is 1.59 bits per heavy atom. The van der Waals surface area contributed by atoms with Crippen LogP contribution >= 0.6 is 0 Å². The van der Waals surface area contributed by atoms with Crippen LogP contribution in [0.4, 0.5) is 0 Å². The summed E-state index contributed by atoms with van der Waals surface area (Å²) in [4.78, 5) is 11.9. The van der Waals surface area contributed by atoms with Crippen molar-refractivity contribution in [3.8, 4) is 0 Å². The number of aryl methyl sites for hydroxylation is 1. The van der Waals surface area contributed by atoms with Gasteiger partial charge in [0.1, 0.15) is 6.33 Å². The van der Waals surface area contributed by atoms with E-state index >= 15 is 0 Å². The van der Waals surface area contributed by atoms with Crippen molar-refractivity contribution in [2.24, 2.45) is 17.6 Å². The van der Waals surface area contributed by atoms with Gasteiger partial charge in [0.15, 0.2) is 5.82 Å². The van der Waals surface area contributed by atoms with Crippen molar-refractivity contribution in [2.45, 2.75) is 33.9 Å². The largest absolute Gasteiger partial charge is 0.349 e. The molecule has 1 aromatic heterocycles. The normalized spacial score (nSPS) is 12.8. The van der Waals surface area contributed by atoms with Crippen molar-refractivity contribution in [1.29, 1.82) is 0 Å². The van der Waals surface area contributed by atoms with Gasteiger partial charge in [-0.25, -0.2) is 0 Å². The van der Waals surface area contributed by atoms with Gasteiger partial charge in [-0.1, -0.05) is 13.8 Å². The maximum absolute atomic E-state index is 11.9. The Balaban J connectivity index is 2.53. The number of nitrogens with zero attached hydrogens (tertiary/aromatic N) is 3. The molecule has 1 aromatic rings. The Labute approximate surface area is 102 Å². The second-order valence-corrected chi connectivity index (χ2v) is 4.34. The Bertz CT molecular complexity index is 360. The summed E-state index contributed by atoms with van der Waals surface area (Å²) in [7, 11) is 0. The molecular formula is C11H21N5O. The molecule has 1 heterocycles. The Morgan fingerprint density at radius 2 is 2.29 bits per heavy atom. The zero-order valence-electron chi connectivity index (χ0n) is 10.7. The molecule has 96 valence electrons. The van der Waals surface area contributed by atoms with Gasteiger partial charge in [-0.05, 0) is 12.8 Å². The zero-order chi connectivity index (χ0) is 12.8. The standard InChI is InChI=1S/C11H21N5O/c1-4-16-7-14-15-10(16)6-13-11(17)9(5-12)8(2)3/h7-9H,4-6,12H2,1-3H3,(H,13,17). The molecule has 0 aliphatic carbocycles. The number of carbonyl (C=O) groups is 1. The van der Waals surface area contributed by atoms with Crippen LogP contribution < -0.4 is 11.1 Å². The molecule has 1 atom stereocenters. The highest BCUT2D eigenvalue weighted by atomic mass is 16.1. The van der Waals surface area contributed by atoms with Gasteiger partial charge in [0.2, 0.25) is 5.91 Å². The summed E-state index contributed by atoms with van der Waals surface area (Å²) >= 11 is 0. The molecule has 0 saturated heterocycles. The fraction of sp³-hybridized carbons (Fsp3) is 0.727. The first-order valence-corrected chi connectivity index (χ1v) is 5.94. The van der Waals surface area contributed by atoms with E-state index in [1.165, 1.54) is 0 Å². The topological polar surface area (TPSA) is 85.8 Å². The molecule has 0 bridgehead atoms. The van der Waals surface area contributed by atoms with Gasteiger partial charge < -0.3 is 15.6 Å². The Morgan fingerprint density at radius 3 is 2.82 bits per heavy atom. The summed E-state index contributed by atoms with van der Waals surface area (Å²) in [5, 5.41) is 10.6. The maximum Gasteiger partial charge on any atom is 0.225 e. The molecule has 1 unspecified atom stereocenters. The molecule has 1 amide bonds. The first-order chi connectivity index (χ1) is 8.10. The van der Waals surface area contributed by atoms with Gasteiger partial charge in [0, 0.05) is 13.1 Å². The van der Waals surface area contributed by atoms with Crippen LogP contribution in [0.5, 0.6) is 0 Å². The highest BCUT2D eigenvalue weighted by molar-refractivity contribution is 5.79. The molecule has 0 fully saturated rings. The first-order valence-electron chi connectivity index (χ1n) is 5.94. The predicted molar refractivity (Wildman–Crippen MR) is 64.9 cm³/mol. The van der Waals surface area contributed by atoms with E-state index in [-0.39, 0.29) is 17.7 Å². The number of amides is 1. The Kier molecular flexibility index (Phi) is 5.09. The van der Waals surface area contributed by atoms with Crippen molar-refractivity contribution in [3.63, 3.8) is 0 Å². The second-order valence-electron chi connectivity index (χ2n) is 4.34. The Hall–Kier alpha value is -1.43. The molecule has 0 aliphatic heterocycles. The fourth-order valence-corrected chi connectivity index (χ4v) is 1.66. The number of nitrogens with two attached hydrogens (primary N) is 1. The molecular weight excluding hydrogens is 218 g/mol. The van der Waals surface area contributed by atoms with E-state index in [9.17, 15) is 4.79 Å². The lowest BCUT2D eigenvalue weighted by Gasteiger charge is -2.18. The zero-order valence-corrected chi connectivity index (χ0v) is 10.7. The van der Waals surface area contributed by atoms with E-state index in [1.807, 2.05) is 25.3 Å². The minimum Gasteiger partial charge on any atom is -0.349 e. The minimum atomic E-state index is -0.145. The van der Waals surface area contributed by atoms with Gasteiger partial charge in [-0.15, -0.1) is 10.2 Å². The first kappa shape index (κ1) is 13.6. The van der Waals surface area contributed by atoms with E-state index in [4.69, 9.17) is 5.73 Å². The van der Waals surface area contributed by atoms with Crippen LogP contribution in [-0.2, 0) is 17.9 Å². The molecule has 0 saturated carbocycles. The number of nitrogens with one attached hydrogen (secondary N) is 1. The summed E-state index contributed by atoms with van der Waals surface area (Å²) in [5.74, 6) is 0.838. The van der Waals surface area contributed by atoms with Gasteiger partial charge in [0.25, 0.3) is 0 Å². The fourth-order valence-electron chi connectivity index (χ4n) is 1.66. The summed E-state index contributed by atoms with van der Waals surface area (Å²) in [6, 6.07) is 0. The molecule has 3 N–H and O–H groups in total. The highest BCUT2D eigenvalue weighted by Gasteiger charge is 2.20. The van der Waals surface area contributed by atoms with Crippen molar-refractivity contribution in [1.82, 2.24) is 20.1 Å². The summed E-state index contributed by atoms with van der Waals surface area (Å²) in [6.45, 7) is 7.55. The quantitative estimate of drug-likeness (QED) is 0.739. The van der Waals surface area contributed by atoms with Crippen LogP contribution in [0.3, 0.4) is 0 Å². The van der Waals surface area contributed by atoms with Crippen LogP contribution in [0.2, 0.25) is 0 Å². The van der Waals surface area contributed by atoms with Crippen molar-refractivity contribution < 1.29 is 4.79 Å². The molecule has 0 aliphatic rings. The van der Waals surface area contributed by atoms with Crippen molar-refractivity contribution in [3.05, 3.63) is 12.2 Å². The number of carbonyl (C=O) groups excluding carboxylic acids is 1. The maximum atomic E-state index is 11.9. The second kappa shape index (κ2) is 6.34. The van der Waals surface area contributed by atoms with Gasteiger partial charge in [-0.2, -0.15) is 0 Å². The molecule has 6 nitrogen and oxygen atoms in total. The van der Waals surface area contributed by atoms with Crippen LogP contribution in [0.15, 0.2) is 6.33 Å². The third-order valence-corrected chi connectivity index (χ3v) is 2.85. The third-order valence-electron chi connectivity index (χ3n) is 2.85. The SMILES string of the molecule is CCn1cnnc1CNC(=O)C(CN)C(C)C. The van der Waals surface area contributed by atoms with Crippen molar-refractivity contribution >= 4 is 5.91 Å². The van der Waals surface area contributed by atoms with Gasteiger partial charge >= 0.3 is 0 Å². The molecule has 0 spiro atoms. The van der Waals surface area contributed by atoms with Gasteiger partial charge in [0.05, 0.1) is 12.5 Å². The number of rotatable bonds is 6. The molecule has 17 heavy (non-hydrogen) atoms. The number of aromatic nitrogens is 3. The lowest BCUT2D eigenvalue weighted by Crippen LogP contribution is -2.38. The average molecular weight is 239 g/mol. The number of hydrogen-bond acceptors (Lipinski definition) is 4. The predicted octanol–water partition coefficient (Wildman–Crippen LogP) is 0.145. The molecule has 6 heteroatoms. The van der Waals surface area contributed by atoms with E-state index < -0.39 is 0 Å².